The maximum atomic E-state index is 10.6. The van der Waals surface area contributed by atoms with Crippen molar-refractivity contribution in [3.8, 4) is 0 Å². The van der Waals surface area contributed by atoms with Crippen molar-refractivity contribution in [3.05, 3.63) is 60.2 Å². The molecule has 2 heteroatoms. The predicted molar refractivity (Wildman–Crippen MR) is 72.5 cm³/mol. The first kappa shape index (κ1) is 12.6. The van der Waals surface area contributed by atoms with Crippen molar-refractivity contribution < 1.29 is 9.90 Å². The summed E-state index contributed by atoms with van der Waals surface area (Å²) in [4.78, 5) is 10.6. The van der Waals surface area contributed by atoms with Gasteiger partial charge in [0.25, 0.3) is 0 Å². The van der Waals surface area contributed by atoms with Gasteiger partial charge in [-0.1, -0.05) is 54.6 Å². The predicted octanol–water partition coefficient (Wildman–Crippen LogP) is 3.70. The first-order valence-corrected chi connectivity index (χ1v) is 6.35. The highest BCUT2D eigenvalue weighted by Crippen LogP contribution is 2.37. The van der Waals surface area contributed by atoms with Crippen LogP contribution in [0.2, 0.25) is 0 Å². The van der Waals surface area contributed by atoms with Crippen molar-refractivity contribution in [2.75, 3.05) is 0 Å². The molecule has 0 bridgehead atoms. The summed E-state index contributed by atoms with van der Waals surface area (Å²) in [5, 5.41) is 8.77. The summed E-state index contributed by atoms with van der Waals surface area (Å²) >= 11 is 0. The minimum absolute atomic E-state index is 0.0224. The second-order valence-corrected chi connectivity index (χ2v) is 4.76. The maximum absolute atomic E-state index is 10.6. The molecule has 1 unspecified atom stereocenters. The average Bonchev–Trinajstić information content (AvgIpc) is 2.40. The Morgan fingerprint density at radius 1 is 1.22 bits per heavy atom. The molecule has 1 N–H and O–H groups in total. The van der Waals surface area contributed by atoms with Crippen molar-refractivity contribution in [3.63, 3.8) is 0 Å². The zero-order chi connectivity index (χ0) is 12.8. The van der Waals surface area contributed by atoms with E-state index in [2.05, 4.69) is 36.4 Å². The van der Waals surface area contributed by atoms with E-state index < -0.39 is 5.97 Å². The van der Waals surface area contributed by atoms with Gasteiger partial charge in [0.15, 0.2) is 0 Å². The molecule has 0 saturated heterocycles. The molecule has 2 nitrogen and oxygen atoms in total. The summed E-state index contributed by atoms with van der Waals surface area (Å²) in [7, 11) is 0. The SMILES string of the molecule is O=C(O)CCCC1(c2ccccc2)C=CC=CC1. The Morgan fingerprint density at radius 3 is 2.61 bits per heavy atom. The van der Waals surface area contributed by atoms with Crippen molar-refractivity contribution in [1.29, 1.82) is 0 Å². The summed E-state index contributed by atoms with van der Waals surface area (Å²) in [5.74, 6) is -0.714. The van der Waals surface area contributed by atoms with Gasteiger partial charge in [-0.2, -0.15) is 0 Å². The van der Waals surface area contributed by atoms with E-state index in [-0.39, 0.29) is 11.8 Å². The Hall–Kier alpha value is -1.83. The standard InChI is InChI=1S/C16H18O2/c17-15(18)10-7-13-16(11-5-2-6-12-16)14-8-3-1-4-9-14/h1-6,8-9,11H,7,10,12-13H2,(H,17,18). The normalized spacial score (nSPS) is 22.0. The van der Waals surface area contributed by atoms with E-state index in [0.717, 1.165) is 12.8 Å². The molecule has 94 valence electrons. The van der Waals surface area contributed by atoms with Gasteiger partial charge in [0, 0.05) is 11.8 Å². The highest BCUT2D eigenvalue weighted by Gasteiger charge is 2.28. The van der Waals surface area contributed by atoms with Gasteiger partial charge in [0.2, 0.25) is 0 Å². The lowest BCUT2D eigenvalue weighted by Gasteiger charge is -2.32. The van der Waals surface area contributed by atoms with Crippen molar-refractivity contribution >= 4 is 5.97 Å². The molecule has 1 aliphatic rings. The molecule has 0 spiro atoms. The van der Waals surface area contributed by atoms with Gasteiger partial charge < -0.3 is 5.11 Å². The van der Waals surface area contributed by atoms with Crippen LogP contribution in [0.5, 0.6) is 0 Å². The smallest absolute Gasteiger partial charge is 0.303 e. The zero-order valence-corrected chi connectivity index (χ0v) is 10.4. The first-order chi connectivity index (χ1) is 8.73. The van der Waals surface area contributed by atoms with E-state index >= 15 is 0 Å². The first-order valence-electron chi connectivity index (χ1n) is 6.35. The second-order valence-electron chi connectivity index (χ2n) is 4.76. The van der Waals surface area contributed by atoms with Gasteiger partial charge in [0.1, 0.15) is 0 Å². The summed E-state index contributed by atoms with van der Waals surface area (Å²) in [6.07, 6.45) is 11.3. The van der Waals surface area contributed by atoms with Gasteiger partial charge in [-0.15, -0.1) is 0 Å². The van der Waals surface area contributed by atoms with Crippen LogP contribution in [-0.4, -0.2) is 11.1 Å². The van der Waals surface area contributed by atoms with Gasteiger partial charge in [-0.25, -0.2) is 0 Å². The minimum atomic E-state index is -0.714. The molecule has 0 saturated carbocycles. The molecule has 0 amide bonds. The molecule has 2 rings (SSSR count). The van der Waals surface area contributed by atoms with Crippen LogP contribution in [0.4, 0.5) is 0 Å². The zero-order valence-electron chi connectivity index (χ0n) is 10.4. The van der Waals surface area contributed by atoms with Crippen molar-refractivity contribution in [2.45, 2.75) is 31.1 Å². The number of rotatable bonds is 5. The highest BCUT2D eigenvalue weighted by atomic mass is 16.4. The fourth-order valence-electron chi connectivity index (χ4n) is 2.53. The van der Waals surface area contributed by atoms with Crippen LogP contribution in [0.15, 0.2) is 54.6 Å². The summed E-state index contributed by atoms with van der Waals surface area (Å²) < 4.78 is 0. The highest BCUT2D eigenvalue weighted by molar-refractivity contribution is 5.66. The fraction of sp³-hybridized carbons (Fsp3) is 0.312. The molecular formula is C16H18O2. The van der Waals surface area contributed by atoms with Gasteiger partial charge in [-0.3, -0.25) is 4.79 Å². The van der Waals surface area contributed by atoms with Crippen LogP contribution in [0.25, 0.3) is 0 Å². The molecule has 0 aromatic heterocycles. The van der Waals surface area contributed by atoms with Crippen LogP contribution in [-0.2, 0) is 10.2 Å². The van der Waals surface area contributed by atoms with Crippen LogP contribution >= 0.6 is 0 Å². The molecule has 0 radical (unpaired) electrons. The molecule has 1 aromatic rings. The molecule has 0 aliphatic heterocycles. The second kappa shape index (κ2) is 5.67. The quantitative estimate of drug-likeness (QED) is 0.854. The molecule has 18 heavy (non-hydrogen) atoms. The van der Waals surface area contributed by atoms with E-state index in [1.165, 1.54) is 5.56 Å². The van der Waals surface area contributed by atoms with Crippen LogP contribution < -0.4 is 0 Å². The number of hydrogen-bond donors (Lipinski definition) is 1. The van der Waals surface area contributed by atoms with Gasteiger partial charge in [0.05, 0.1) is 0 Å². The lowest BCUT2D eigenvalue weighted by molar-refractivity contribution is -0.137. The van der Waals surface area contributed by atoms with E-state index in [4.69, 9.17) is 5.11 Å². The number of carbonyl (C=O) groups is 1. The van der Waals surface area contributed by atoms with Crippen molar-refractivity contribution in [2.24, 2.45) is 0 Å². The Bertz CT molecular complexity index is 459. The number of aliphatic carboxylic acids is 1. The summed E-state index contributed by atoms with van der Waals surface area (Å²) in [5.41, 5.74) is 1.25. The Kier molecular flexibility index (Phi) is 3.98. The molecular weight excluding hydrogens is 224 g/mol. The Morgan fingerprint density at radius 2 is 2.00 bits per heavy atom. The number of allylic oxidation sites excluding steroid dienone is 4. The third-order valence-corrected chi connectivity index (χ3v) is 3.51. The monoisotopic (exact) mass is 242 g/mol. The third kappa shape index (κ3) is 2.89. The Balaban J connectivity index is 2.17. The molecule has 1 atom stereocenters. The van der Waals surface area contributed by atoms with Crippen molar-refractivity contribution in [1.82, 2.24) is 0 Å². The topological polar surface area (TPSA) is 37.3 Å². The van der Waals surface area contributed by atoms with Crippen LogP contribution in [0, 0.1) is 0 Å². The molecule has 0 heterocycles. The average molecular weight is 242 g/mol. The lowest BCUT2D eigenvalue weighted by atomic mass is 9.72. The molecule has 1 aliphatic carbocycles. The number of benzene rings is 1. The largest absolute Gasteiger partial charge is 0.481 e. The van der Waals surface area contributed by atoms with Crippen LogP contribution in [0.3, 0.4) is 0 Å². The summed E-state index contributed by atoms with van der Waals surface area (Å²) in [6.45, 7) is 0. The van der Waals surface area contributed by atoms with Crippen LogP contribution in [0.1, 0.15) is 31.2 Å². The Labute approximate surface area is 108 Å². The van der Waals surface area contributed by atoms with E-state index in [0.29, 0.717) is 6.42 Å². The van der Waals surface area contributed by atoms with Gasteiger partial charge in [-0.05, 0) is 24.8 Å². The molecule has 1 aromatic carbocycles. The van der Waals surface area contributed by atoms with E-state index in [1.54, 1.807) is 0 Å². The maximum Gasteiger partial charge on any atom is 0.303 e. The minimum Gasteiger partial charge on any atom is -0.481 e. The van der Waals surface area contributed by atoms with Gasteiger partial charge >= 0.3 is 5.97 Å². The fourth-order valence-corrected chi connectivity index (χ4v) is 2.53. The van der Waals surface area contributed by atoms with E-state index in [1.807, 2.05) is 18.2 Å². The number of carboxylic acids is 1. The third-order valence-electron chi connectivity index (χ3n) is 3.51. The molecule has 0 fully saturated rings. The summed E-state index contributed by atoms with van der Waals surface area (Å²) in [6, 6.07) is 10.4. The van der Waals surface area contributed by atoms with E-state index in [9.17, 15) is 4.79 Å². The number of hydrogen-bond acceptors (Lipinski definition) is 1. The lowest BCUT2D eigenvalue weighted by Crippen LogP contribution is -2.24. The number of carboxylic acid groups (broad SMARTS) is 1.